The van der Waals surface area contributed by atoms with Gasteiger partial charge >= 0.3 is 0 Å². The Morgan fingerprint density at radius 1 is 1.38 bits per heavy atom. The fourth-order valence-electron chi connectivity index (χ4n) is 2.64. The summed E-state index contributed by atoms with van der Waals surface area (Å²) in [6.07, 6.45) is 5.68. The first kappa shape index (κ1) is 14.6. The Balaban J connectivity index is 2.00. The number of fused-ring (bicyclic) bond motifs is 1. The first-order valence-corrected chi connectivity index (χ1v) is 8.82. The van der Waals surface area contributed by atoms with Crippen molar-refractivity contribution in [1.82, 2.24) is 4.98 Å². The number of hydrogen-bond donors (Lipinski definition) is 0. The number of pyridine rings is 1. The van der Waals surface area contributed by atoms with Gasteiger partial charge in [-0.1, -0.05) is 15.9 Å². The van der Waals surface area contributed by atoms with Gasteiger partial charge in [-0.2, -0.15) is 0 Å². The predicted octanol–water partition coefficient (Wildman–Crippen LogP) is 4.16. The molecule has 3 nitrogen and oxygen atoms in total. The van der Waals surface area contributed by atoms with Crippen LogP contribution in [0.5, 0.6) is 0 Å². The topological polar surface area (TPSA) is 33.2 Å². The Morgan fingerprint density at radius 2 is 2.24 bits per heavy atom. The van der Waals surface area contributed by atoms with Gasteiger partial charge in [-0.15, -0.1) is 11.8 Å². The fraction of sp³-hybridized carbons (Fsp3) is 0.250. The van der Waals surface area contributed by atoms with E-state index in [0.717, 1.165) is 34.6 Å². The smallest absolute Gasteiger partial charge is 0.261 e. The van der Waals surface area contributed by atoms with Crippen LogP contribution in [0.15, 0.2) is 46.0 Å². The van der Waals surface area contributed by atoms with Crippen LogP contribution in [0, 0.1) is 0 Å². The number of nitrogens with zero attached hydrogens (tertiary/aromatic N) is 2. The molecule has 1 aromatic carbocycles. The quantitative estimate of drug-likeness (QED) is 0.752. The molecule has 1 amide bonds. The number of carbonyl (C=O) groups excluding carboxylic acids is 1. The summed E-state index contributed by atoms with van der Waals surface area (Å²) in [6, 6.07) is 9.79. The van der Waals surface area contributed by atoms with Crippen molar-refractivity contribution in [3.63, 3.8) is 0 Å². The maximum atomic E-state index is 12.9. The number of thioether (sulfide) groups is 1. The molecule has 0 spiro atoms. The molecule has 0 saturated carbocycles. The molecule has 0 atom stereocenters. The molecule has 0 saturated heterocycles. The molecular weight excluding hydrogens is 348 g/mol. The Kier molecular flexibility index (Phi) is 4.31. The molecule has 1 aliphatic rings. The fourth-order valence-corrected chi connectivity index (χ4v) is 3.59. The summed E-state index contributed by atoms with van der Waals surface area (Å²) in [4.78, 5) is 19.1. The normalized spacial score (nSPS) is 13.9. The second-order valence-corrected chi connectivity index (χ2v) is 6.60. The average molecular weight is 363 g/mol. The van der Waals surface area contributed by atoms with E-state index in [1.165, 1.54) is 17.3 Å². The predicted molar refractivity (Wildman–Crippen MR) is 90.2 cm³/mol. The van der Waals surface area contributed by atoms with Crippen LogP contribution in [-0.2, 0) is 6.42 Å². The molecule has 3 rings (SSSR count). The van der Waals surface area contributed by atoms with Crippen LogP contribution in [0.4, 0.5) is 5.69 Å². The van der Waals surface area contributed by atoms with Crippen molar-refractivity contribution in [2.75, 3.05) is 17.7 Å². The summed E-state index contributed by atoms with van der Waals surface area (Å²) in [6.45, 7) is 0.760. The third kappa shape index (κ3) is 2.85. The standard InChI is InChI=1S/C16H15BrN2OS/c1-21-15-13(5-2-8-18-15)16(20)19-9-3-4-11-10-12(17)6-7-14(11)19/h2,5-8,10H,3-4,9H2,1H3. The van der Waals surface area contributed by atoms with Gasteiger partial charge in [0.05, 0.1) is 5.56 Å². The van der Waals surface area contributed by atoms with Gasteiger partial charge in [0.15, 0.2) is 0 Å². The van der Waals surface area contributed by atoms with E-state index in [1.54, 1.807) is 6.20 Å². The highest BCUT2D eigenvalue weighted by molar-refractivity contribution is 9.10. The van der Waals surface area contributed by atoms with Crippen molar-refractivity contribution in [3.05, 3.63) is 52.1 Å². The van der Waals surface area contributed by atoms with Gasteiger partial charge in [0.1, 0.15) is 5.03 Å². The second kappa shape index (κ2) is 6.20. The van der Waals surface area contributed by atoms with Gasteiger partial charge in [0, 0.05) is 22.9 Å². The number of aromatic nitrogens is 1. The number of anilines is 1. The first-order chi connectivity index (χ1) is 10.2. The number of benzene rings is 1. The number of aryl methyl sites for hydroxylation is 1. The zero-order valence-electron chi connectivity index (χ0n) is 11.7. The minimum Gasteiger partial charge on any atom is -0.308 e. The van der Waals surface area contributed by atoms with Crippen molar-refractivity contribution in [2.45, 2.75) is 17.9 Å². The van der Waals surface area contributed by atoms with E-state index in [0.29, 0.717) is 5.56 Å². The third-order valence-electron chi connectivity index (χ3n) is 3.60. The van der Waals surface area contributed by atoms with Gasteiger partial charge in [0.2, 0.25) is 0 Å². The minimum absolute atomic E-state index is 0.0377. The van der Waals surface area contributed by atoms with Crippen LogP contribution in [0.1, 0.15) is 22.3 Å². The van der Waals surface area contributed by atoms with Crippen LogP contribution < -0.4 is 4.90 Å². The Hall–Kier alpha value is -1.33. The van der Waals surface area contributed by atoms with E-state index in [9.17, 15) is 4.79 Å². The molecule has 2 aromatic rings. The maximum Gasteiger partial charge on any atom is 0.261 e. The number of hydrogen-bond acceptors (Lipinski definition) is 3. The van der Waals surface area contributed by atoms with E-state index < -0.39 is 0 Å². The van der Waals surface area contributed by atoms with Gasteiger partial charge < -0.3 is 4.90 Å². The average Bonchev–Trinajstić information content (AvgIpc) is 2.53. The molecule has 0 unspecified atom stereocenters. The van der Waals surface area contributed by atoms with E-state index >= 15 is 0 Å². The molecule has 21 heavy (non-hydrogen) atoms. The van der Waals surface area contributed by atoms with E-state index in [1.807, 2.05) is 35.4 Å². The van der Waals surface area contributed by atoms with Crippen LogP contribution >= 0.6 is 27.7 Å². The van der Waals surface area contributed by atoms with Gasteiger partial charge in [-0.05, 0) is 55.0 Å². The monoisotopic (exact) mass is 362 g/mol. The van der Waals surface area contributed by atoms with Crippen LogP contribution in [0.2, 0.25) is 0 Å². The minimum atomic E-state index is 0.0377. The lowest BCUT2D eigenvalue weighted by atomic mass is 10.0. The molecule has 1 aliphatic heterocycles. The number of rotatable bonds is 2. The van der Waals surface area contributed by atoms with Crippen LogP contribution in [0.25, 0.3) is 0 Å². The van der Waals surface area contributed by atoms with Crippen molar-refractivity contribution in [1.29, 1.82) is 0 Å². The van der Waals surface area contributed by atoms with Crippen LogP contribution in [0.3, 0.4) is 0 Å². The van der Waals surface area contributed by atoms with Crippen molar-refractivity contribution < 1.29 is 4.79 Å². The zero-order chi connectivity index (χ0) is 14.8. The van der Waals surface area contributed by atoms with Gasteiger partial charge in [0.25, 0.3) is 5.91 Å². The van der Waals surface area contributed by atoms with Crippen molar-refractivity contribution >= 4 is 39.3 Å². The highest BCUT2D eigenvalue weighted by Gasteiger charge is 2.25. The summed E-state index contributed by atoms with van der Waals surface area (Å²) < 4.78 is 1.06. The third-order valence-corrected chi connectivity index (χ3v) is 4.81. The lowest BCUT2D eigenvalue weighted by Gasteiger charge is -2.30. The Bertz CT molecular complexity index is 690. The van der Waals surface area contributed by atoms with Crippen LogP contribution in [-0.4, -0.2) is 23.7 Å². The van der Waals surface area contributed by atoms with Crippen molar-refractivity contribution in [2.24, 2.45) is 0 Å². The van der Waals surface area contributed by atoms with Crippen molar-refractivity contribution in [3.8, 4) is 0 Å². The lowest BCUT2D eigenvalue weighted by molar-refractivity contribution is 0.0981. The molecule has 0 bridgehead atoms. The molecule has 0 fully saturated rings. The molecule has 108 valence electrons. The lowest BCUT2D eigenvalue weighted by Crippen LogP contribution is -2.35. The van der Waals surface area contributed by atoms with Gasteiger partial charge in [-0.25, -0.2) is 4.98 Å². The molecule has 2 heterocycles. The highest BCUT2D eigenvalue weighted by Crippen LogP contribution is 2.31. The van der Waals surface area contributed by atoms with E-state index in [4.69, 9.17) is 0 Å². The molecule has 0 N–H and O–H groups in total. The molecular formula is C16H15BrN2OS. The SMILES string of the molecule is CSc1ncccc1C(=O)N1CCCc2cc(Br)ccc21. The second-order valence-electron chi connectivity index (χ2n) is 4.89. The summed E-state index contributed by atoms with van der Waals surface area (Å²) in [5.41, 5.74) is 2.92. The summed E-state index contributed by atoms with van der Waals surface area (Å²) in [7, 11) is 0. The number of amides is 1. The molecule has 0 aliphatic carbocycles. The summed E-state index contributed by atoms with van der Waals surface area (Å²) in [5, 5.41) is 0.784. The van der Waals surface area contributed by atoms with Gasteiger partial charge in [-0.3, -0.25) is 4.79 Å². The highest BCUT2D eigenvalue weighted by atomic mass is 79.9. The number of carbonyl (C=O) groups is 1. The largest absolute Gasteiger partial charge is 0.308 e. The maximum absolute atomic E-state index is 12.9. The molecule has 5 heteroatoms. The molecule has 0 radical (unpaired) electrons. The summed E-state index contributed by atoms with van der Waals surface area (Å²) >= 11 is 5.00. The molecule has 1 aromatic heterocycles. The Morgan fingerprint density at radius 3 is 3.05 bits per heavy atom. The van der Waals surface area contributed by atoms with E-state index in [2.05, 4.69) is 27.0 Å². The Labute approximate surface area is 136 Å². The zero-order valence-corrected chi connectivity index (χ0v) is 14.1. The first-order valence-electron chi connectivity index (χ1n) is 6.80. The number of halogens is 1. The summed E-state index contributed by atoms with van der Waals surface area (Å²) in [5.74, 6) is 0.0377. The van der Waals surface area contributed by atoms with E-state index in [-0.39, 0.29) is 5.91 Å².